The van der Waals surface area contributed by atoms with E-state index < -0.39 is 5.82 Å². The Morgan fingerprint density at radius 1 is 0.914 bits per heavy atom. The number of benzene rings is 2. The molecule has 0 spiro atoms. The predicted molar refractivity (Wildman–Crippen MR) is 124 cm³/mol. The van der Waals surface area contributed by atoms with Gasteiger partial charge < -0.3 is 24.3 Å². The zero-order valence-corrected chi connectivity index (χ0v) is 18.7. The molecule has 0 radical (unpaired) electrons. The van der Waals surface area contributed by atoms with Crippen LogP contribution in [0.25, 0.3) is 0 Å². The van der Waals surface area contributed by atoms with Gasteiger partial charge in [-0.2, -0.15) is 0 Å². The third-order valence-corrected chi connectivity index (χ3v) is 6.85. The number of ether oxygens (including phenoxy) is 2. The first-order chi connectivity index (χ1) is 17.0. The fourth-order valence-corrected chi connectivity index (χ4v) is 5.29. The van der Waals surface area contributed by atoms with Gasteiger partial charge in [-0.15, -0.1) is 0 Å². The van der Waals surface area contributed by atoms with Crippen LogP contribution >= 0.6 is 0 Å². The fourth-order valence-electron chi connectivity index (χ4n) is 5.29. The molecule has 1 N–H and O–H groups in total. The minimum atomic E-state index is -0.395. The molecule has 1 aromatic heterocycles. The molecule has 2 unspecified atom stereocenters. The van der Waals surface area contributed by atoms with Crippen LogP contribution in [0.15, 0.2) is 59.4 Å². The summed E-state index contributed by atoms with van der Waals surface area (Å²) in [5.74, 6) is 0.196. The van der Waals surface area contributed by atoms with Crippen LogP contribution in [0.3, 0.4) is 0 Å². The molecule has 0 aliphatic carbocycles. The van der Waals surface area contributed by atoms with Crippen LogP contribution in [0, 0.1) is 11.7 Å². The molecule has 1 fully saturated rings. The Kier molecular flexibility index (Phi) is 5.05. The number of fused-ring (bicyclic) bond motifs is 5. The largest absolute Gasteiger partial charge is 0.454 e. The van der Waals surface area contributed by atoms with Gasteiger partial charge in [0.1, 0.15) is 5.82 Å². The number of amides is 2. The van der Waals surface area contributed by atoms with Crippen molar-refractivity contribution in [1.82, 2.24) is 9.47 Å². The van der Waals surface area contributed by atoms with Crippen molar-refractivity contribution in [3.63, 3.8) is 0 Å². The monoisotopic (exact) mass is 475 g/mol. The molecule has 1 saturated heterocycles. The molecule has 3 aromatic rings. The van der Waals surface area contributed by atoms with Crippen LogP contribution in [-0.4, -0.2) is 41.2 Å². The molecule has 0 saturated carbocycles. The summed E-state index contributed by atoms with van der Waals surface area (Å²) in [6.07, 6.45) is 0.809. The van der Waals surface area contributed by atoms with Gasteiger partial charge in [0.15, 0.2) is 11.5 Å². The molecule has 2 bridgehead atoms. The summed E-state index contributed by atoms with van der Waals surface area (Å²) in [6.45, 7) is 1.51. The highest BCUT2D eigenvalue weighted by Crippen LogP contribution is 2.39. The maximum atomic E-state index is 13.3. The van der Waals surface area contributed by atoms with Crippen molar-refractivity contribution in [1.29, 1.82) is 0 Å². The number of nitrogens with zero attached hydrogens (tertiary/aromatic N) is 2. The Morgan fingerprint density at radius 3 is 2.51 bits per heavy atom. The van der Waals surface area contributed by atoms with E-state index in [1.54, 1.807) is 33.7 Å². The summed E-state index contributed by atoms with van der Waals surface area (Å²) in [7, 11) is 0. The van der Waals surface area contributed by atoms with E-state index in [0.29, 0.717) is 47.9 Å². The van der Waals surface area contributed by atoms with Gasteiger partial charge in [0.25, 0.3) is 17.4 Å². The Morgan fingerprint density at radius 2 is 1.69 bits per heavy atom. The average Bonchev–Trinajstić information content (AvgIpc) is 3.33. The zero-order valence-electron chi connectivity index (χ0n) is 18.7. The van der Waals surface area contributed by atoms with Crippen LogP contribution in [0.2, 0.25) is 0 Å². The van der Waals surface area contributed by atoms with E-state index in [4.69, 9.17) is 9.47 Å². The smallest absolute Gasteiger partial charge is 0.255 e. The highest BCUT2D eigenvalue weighted by molar-refractivity contribution is 6.05. The summed E-state index contributed by atoms with van der Waals surface area (Å²) in [6, 6.07) is 13.6. The molecule has 2 atom stereocenters. The normalized spacial score (nSPS) is 19.7. The number of carbonyl (C=O) groups is 2. The standard InChI is InChI=1S/C26H22FN3O5/c27-19-4-1-16(2-5-19)26(33)29-11-15-9-18(13-29)24-20(6-8-23(31)30(24)12-15)28-25(32)17-3-7-21-22(10-17)35-14-34-21/h1-8,10,15,18H,9,11-14H2,(H,28,32). The number of hydrogen-bond donors (Lipinski definition) is 1. The van der Waals surface area contributed by atoms with E-state index in [2.05, 4.69) is 5.32 Å². The van der Waals surface area contributed by atoms with Gasteiger partial charge in [0.2, 0.25) is 6.79 Å². The van der Waals surface area contributed by atoms with Gasteiger partial charge in [-0.05, 0) is 60.9 Å². The zero-order chi connectivity index (χ0) is 24.1. The topological polar surface area (TPSA) is 89.9 Å². The quantitative estimate of drug-likeness (QED) is 0.628. The second-order valence-corrected chi connectivity index (χ2v) is 9.12. The lowest BCUT2D eigenvalue weighted by atomic mass is 9.82. The lowest BCUT2D eigenvalue weighted by Crippen LogP contribution is -2.49. The third-order valence-electron chi connectivity index (χ3n) is 6.85. The number of piperidine rings is 1. The predicted octanol–water partition coefficient (Wildman–Crippen LogP) is 3.23. The number of likely N-dealkylation sites (tertiary alicyclic amines) is 1. The lowest BCUT2D eigenvalue weighted by molar-refractivity contribution is 0.0595. The second kappa shape index (κ2) is 8.26. The van der Waals surface area contributed by atoms with Crippen LogP contribution in [0.4, 0.5) is 10.1 Å². The second-order valence-electron chi connectivity index (χ2n) is 9.12. The molecule has 9 heteroatoms. The van der Waals surface area contributed by atoms with E-state index in [1.165, 1.54) is 30.3 Å². The minimum Gasteiger partial charge on any atom is -0.454 e. The third kappa shape index (κ3) is 3.82. The van der Waals surface area contributed by atoms with E-state index in [9.17, 15) is 18.8 Å². The summed E-state index contributed by atoms with van der Waals surface area (Å²) >= 11 is 0. The fraction of sp³-hybridized carbons (Fsp3) is 0.269. The maximum absolute atomic E-state index is 13.3. The molecule has 178 valence electrons. The Labute approximate surface area is 199 Å². The number of rotatable bonds is 3. The summed E-state index contributed by atoms with van der Waals surface area (Å²) < 4.78 is 25.7. The maximum Gasteiger partial charge on any atom is 0.255 e. The number of aromatic nitrogens is 1. The minimum absolute atomic E-state index is 0.114. The summed E-state index contributed by atoms with van der Waals surface area (Å²) in [4.78, 5) is 40.6. The molecule has 4 heterocycles. The van der Waals surface area contributed by atoms with Gasteiger partial charge in [0, 0.05) is 48.4 Å². The first kappa shape index (κ1) is 21.4. The number of pyridine rings is 1. The molecular weight excluding hydrogens is 453 g/mol. The number of halogens is 1. The van der Waals surface area contributed by atoms with Crippen LogP contribution in [0.5, 0.6) is 11.5 Å². The van der Waals surface area contributed by atoms with Gasteiger partial charge in [0.05, 0.1) is 5.69 Å². The Bertz CT molecular complexity index is 1400. The molecule has 35 heavy (non-hydrogen) atoms. The molecule has 3 aliphatic heterocycles. The molecular formula is C26H22FN3O5. The molecule has 2 amide bonds. The van der Waals surface area contributed by atoms with E-state index in [-0.39, 0.29) is 36.0 Å². The van der Waals surface area contributed by atoms with Gasteiger partial charge >= 0.3 is 0 Å². The van der Waals surface area contributed by atoms with Crippen molar-refractivity contribution in [3.8, 4) is 11.5 Å². The van der Waals surface area contributed by atoms with Gasteiger partial charge in [-0.3, -0.25) is 14.4 Å². The molecule has 8 nitrogen and oxygen atoms in total. The van der Waals surface area contributed by atoms with E-state index >= 15 is 0 Å². The van der Waals surface area contributed by atoms with Crippen LogP contribution < -0.4 is 20.3 Å². The Hall–Kier alpha value is -4.14. The molecule has 3 aliphatic rings. The van der Waals surface area contributed by atoms with Crippen molar-refractivity contribution in [2.24, 2.45) is 5.92 Å². The van der Waals surface area contributed by atoms with Gasteiger partial charge in [-0.1, -0.05) is 0 Å². The van der Waals surface area contributed by atoms with Crippen molar-refractivity contribution in [2.45, 2.75) is 18.9 Å². The van der Waals surface area contributed by atoms with E-state index in [0.717, 1.165) is 12.1 Å². The van der Waals surface area contributed by atoms with E-state index in [1.807, 2.05) is 0 Å². The summed E-state index contributed by atoms with van der Waals surface area (Å²) in [5, 5.41) is 2.95. The highest BCUT2D eigenvalue weighted by Gasteiger charge is 2.38. The summed E-state index contributed by atoms with van der Waals surface area (Å²) in [5.41, 5.74) is 1.97. The van der Waals surface area contributed by atoms with Crippen molar-refractivity contribution < 1.29 is 23.5 Å². The molecule has 2 aromatic carbocycles. The number of hydrogen-bond acceptors (Lipinski definition) is 5. The highest BCUT2D eigenvalue weighted by atomic mass is 19.1. The Balaban J connectivity index is 1.29. The molecule has 6 rings (SSSR count). The number of nitrogens with one attached hydrogen (secondary N) is 1. The van der Waals surface area contributed by atoms with Crippen LogP contribution in [0.1, 0.15) is 38.7 Å². The average molecular weight is 475 g/mol. The van der Waals surface area contributed by atoms with Gasteiger partial charge in [-0.25, -0.2) is 4.39 Å². The van der Waals surface area contributed by atoms with Crippen molar-refractivity contribution >= 4 is 17.5 Å². The first-order valence-corrected chi connectivity index (χ1v) is 11.5. The number of carbonyl (C=O) groups excluding carboxylic acids is 2. The first-order valence-electron chi connectivity index (χ1n) is 11.5. The van der Waals surface area contributed by atoms with Crippen LogP contribution in [-0.2, 0) is 6.54 Å². The SMILES string of the molecule is O=C(Nc1ccc(=O)n2c1C1CC(CN(C(=O)c3ccc(F)cc3)C1)C2)c1ccc2c(c1)OCO2. The number of anilines is 1. The van der Waals surface area contributed by atoms with Crippen molar-refractivity contribution in [2.75, 3.05) is 25.2 Å². The van der Waals surface area contributed by atoms with Crippen molar-refractivity contribution in [3.05, 3.63) is 87.6 Å². The lowest BCUT2D eigenvalue weighted by Gasteiger charge is -2.43.